The Kier molecular flexibility index (Phi) is 7.52. The highest BCUT2D eigenvalue weighted by atomic mass is 35.5. The first kappa shape index (κ1) is 29.3. The van der Waals surface area contributed by atoms with Gasteiger partial charge in [0.15, 0.2) is 0 Å². The van der Waals surface area contributed by atoms with Crippen LogP contribution in [0.2, 0.25) is 10.0 Å². The van der Waals surface area contributed by atoms with E-state index in [2.05, 4.69) is 10.6 Å². The Labute approximate surface area is 244 Å². The highest BCUT2D eigenvalue weighted by Crippen LogP contribution is 2.46. The van der Waals surface area contributed by atoms with Gasteiger partial charge in [-0.3, -0.25) is 9.59 Å². The fraction of sp³-hybridized carbons (Fsp3) is 0.533. The fourth-order valence-electron chi connectivity index (χ4n) is 6.53. The number of hydrogen-bond donors (Lipinski definition) is 4. The molecule has 4 atom stereocenters. The molecule has 10 heteroatoms. The minimum atomic E-state index is -0.769. The van der Waals surface area contributed by atoms with E-state index in [1.807, 2.05) is 50.2 Å². The molecule has 1 unspecified atom stereocenters. The number of aliphatic hydroxyl groups is 2. The average Bonchev–Trinajstić information content (AvgIpc) is 2.82. The van der Waals surface area contributed by atoms with Crippen molar-refractivity contribution in [2.75, 3.05) is 26.4 Å². The van der Waals surface area contributed by atoms with Gasteiger partial charge in [0, 0.05) is 10.0 Å². The predicted octanol–water partition coefficient (Wildman–Crippen LogP) is 3.45. The second kappa shape index (κ2) is 10.3. The maximum atomic E-state index is 12.6. The molecular formula is C30H36Cl2N2O6. The maximum absolute atomic E-state index is 12.6. The van der Waals surface area contributed by atoms with Gasteiger partial charge in [0.25, 0.3) is 0 Å². The molecule has 0 saturated carbocycles. The molecule has 2 fully saturated rings. The van der Waals surface area contributed by atoms with Gasteiger partial charge < -0.3 is 30.3 Å². The third-order valence-electron chi connectivity index (χ3n) is 8.69. The van der Waals surface area contributed by atoms with Crippen LogP contribution in [0.4, 0.5) is 0 Å². The minimum absolute atomic E-state index is 0.0727. The number of hydrogen-bond acceptors (Lipinski definition) is 6. The number of benzene rings is 2. The van der Waals surface area contributed by atoms with E-state index >= 15 is 0 Å². The van der Waals surface area contributed by atoms with Gasteiger partial charge in [-0.15, -0.1) is 0 Å². The lowest BCUT2D eigenvalue weighted by molar-refractivity contribution is -0.143. The number of halogens is 2. The molecule has 0 radical (unpaired) electrons. The first-order valence-corrected chi connectivity index (χ1v) is 14.3. The lowest BCUT2D eigenvalue weighted by atomic mass is 9.67. The van der Waals surface area contributed by atoms with Crippen LogP contribution >= 0.6 is 23.2 Å². The Morgan fingerprint density at radius 2 is 1.07 bits per heavy atom. The topological polar surface area (TPSA) is 117 Å². The number of fused-ring (bicyclic) bond motifs is 4. The van der Waals surface area contributed by atoms with Crippen molar-refractivity contribution in [1.29, 1.82) is 0 Å². The van der Waals surface area contributed by atoms with Gasteiger partial charge in [-0.1, -0.05) is 35.3 Å². The molecule has 4 aliphatic rings. The molecule has 2 aromatic rings. The molecule has 6 rings (SSSR count). The number of nitrogens with one attached hydrogen (secondary N) is 2. The Morgan fingerprint density at radius 3 is 1.35 bits per heavy atom. The molecule has 4 aliphatic heterocycles. The van der Waals surface area contributed by atoms with E-state index in [9.17, 15) is 19.8 Å². The van der Waals surface area contributed by atoms with Crippen LogP contribution in [0.3, 0.4) is 0 Å². The van der Waals surface area contributed by atoms with Crippen LogP contribution in [0.25, 0.3) is 0 Å². The fourth-order valence-corrected chi connectivity index (χ4v) is 6.87. The van der Waals surface area contributed by atoms with Gasteiger partial charge in [0.2, 0.25) is 11.8 Å². The van der Waals surface area contributed by atoms with E-state index in [-0.39, 0.29) is 11.8 Å². The predicted molar refractivity (Wildman–Crippen MR) is 151 cm³/mol. The molecule has 216 valence electrons. The first-order chi connectivity index (χ1) is 18.7. The quantitative estimate of drug-likeness (QED) is 0.433. The van der Waals surface area contributed by atoms with Gasteiger partial charge in [0.1, 0.15) is 11.1 Å². The first-order valence-electron chi connectivity index (χ1n) is 13.5. The lowest BCUT2D eigenvalue weighted by Crippen LogP contribution is -2.66. The van der Waals surface area contributed by atoms with Gasteiger partial charge in [-0.25, -0.2) is 0 Å². The molecule has 40 heavy (non-hydrogen) atoms. The van der Waals surface area contributed by atoms with Gasteiger partial charge in [-0.05, 0) is 87.1 Å². The highest BCUT2D eigenvalue weighted by molar-refractivity contribution is 6.31. The standard InChI is InChI=1S/2C15H18ClNO3/c2*1-9(18)6-14(2)12-5-10(16)3-4-11(12)15(7-20-8-15)17-13(14)19/h2*3-5,9,18H,6-8H2,1-2H3,(H,17,19)/t9-,14?;9-,14-/m10/s1. The van der Waals surface area contributed by atoms with Crippen LogP contribution in [0.15, 0.2) is 36.4 Å². The third kappa shape index (κ3) is 4.72. The van der Waals surface area contributed by atoms with E-state index in [0.29, 0.717) is 49.3 Å². The molecular weight excluding hydrogens is 555 g/mol. The van der Waals surface area contributed by atoms with E-state index < -0.39 is 34.1 Å². The summed E-state index contributed by atoms with van der Waals surface area (Å²) in [6.07, 6.45) is -0.403. The molecule has 0 bridgehead atoms. The van der Waals surface area contributed by atoms with Gasteiger partial charge in [-0.2, -0.15) is 0 Å². The van der Waals surface area contributed by atoms with E-state index in [4.69, 9.17) is 32.7 Å². The van der Waals surface area contributed by atoms with E-state index in [1.165, 1.54) is 0 Å². The molecule has 0 aliphatic carbocycles. The summed E-state index contributed by atoms with van der Waals surface area (Å²) in [5, 5.41) is 26.9. The Morgan fingerprint density at radius 1 is 0.725 bits per heavy atom. The van der Waals surface area contributed by atoms with E-state index in [0.717, 1.165) is 22.3 Å². The number of amides is 2. The second-order valence-corrected chi connectivity index (χ2v) is 13.1. The third-order valence-corrected chi connectivity index (χ3v) is 9.16. The maximum Gasteiger partial charge on any atom is 0.231 e. The Balaban J connectivity index is 0.000000161. The minimum Gasteiger partial charge on any atom is -0.393 e. The van der Waals surface area contributed by atoms with Crippen molar-refractivity contribution in [2.24, 2.45) is 0 Å². The zero-order chi connectivity index (χ0) is 29.1. The molecule has 2 aromatic carbocycles. The SMILES string of the molecule is C[C@@H](O)CC1(C)C(=O)NC2(COC2)c2ccc(Cl)cc21.C[C@H](O)C[C@]1(C)C(=O)NC2(COC2)c2ccc(Cl)cc21. The molecule has 2 amide bonds. The van der Waals surface area contributed by atoms with Crippen molar-refractivity contribution >= 4 is 35.0 Å². The van der Waals surface area contributed by atoms with Gasteiger partial charge >= 0.3 is 0 Å². The van der Waals surface area contributed by atoms with Crippen molar-refractivity contribution in [3.05, 3.63) is 68.7 Å². The summed E-state index contributed by atoms with van der Waals surface area (Å²) < 4.78 is 10.6. The largest absolute Gasteiger partial charge is 0.393 e. The number of rotatable bonds is 4. The molecule has 0 aromatic heterocycles. The van der Waals surface area contributed by atoms with Crippen LogP contribution in [0.5, 0.6) is 0 Å². The van der Waals surface area contributed by atoms with Crippen LogP contribution in [-0.4, -0.2) is 60.7 Å². The van der Waals surface area contributed by atoms with Crippen LogP contribution in [0, 0.1) is 0 Å². The van der Waals surface area contributed by atoms with Crippen LogP contribution < -0.4 is 10.6 Å². The van der Waals surface area contributed by atoms with Crippen molar-refractivity contribution in [3.63, 3.8) is 0 Å². The Hall–Kier alpha value is -2.20. The highest BCUT2D eigenvalue weighted by Gasteiger charge is 2.55. The Bertz CT molecular complexity index is 1240. The zero-order valence-electron chi connectivity index (χ0n) is 23.1. The summed E-state index contributed by atoms with van der Waals surface area (Å²) >= 11 is 12.2. The molecule has 4 heterocycles. The van der Waals surface area contributed by atoms with Crippen molar-refractivity contribution in [2.45, 2.75) is 74.7 Å². The van der Waals surface area contributed by atoms with Crippen molar-refractivity contribution in [1.82, 2.24) is 10.6 Å². The number of aliphatic hydroxyl groups excluding tert-OH is 2. The van der Waals surface area contributed by atoms with Crippen LogP contribution in [-0.2, 0) is 41.0 Å². The average molecular weight is 592 g/mol. The summed E-state index contributed by atoms with van der Waals surface area (Å²) in [7, 11) is 0. The van der Waals surface area contributed by atoms with Gasteiger partial charge in [0.05, 0.1) is 49.5 Å². The summed E-state index contributed by atoms with van der Waals surface area (Å²) in [5.74, 6) is -0.145. The molecule has 4 N–H and O–H groups in total. The number of ether oxygens (including phenoxy) is 2. The normalized spacial score (nSPS) is 28.5. The summed E-state index contributed by atoms with van der Waals surface area (Å²) in [5.41, 5.74) is 1.53. The van der Waals surface area contributed by atoms with Crippen LogP contribution in [0.1, 0.15) is 62.8 Å². The summed E-state index contributed by atoms with van der Waals surface area (Å²) in [4.78, 5) is 25.2. The number of carbonyl (C=O) groups is 2. The summed E-state index contributed by atoms with van der Waals surface area (Å²) in [6, 6.07) is 11.3. The zero-order valence-corrected chi connectivity index (χ0v) is 24.7. The van der Waals surface area contributed by atoms with E-state index in [1.54, 1.807) is 13.8 Å². The smallest absolute Gasteiger partial charge is 0.231 e. The molecule has 8 nitrogen and oxygen atoms in total. The molecule has 2 saturated heterocycles. The second-order valence-electron chi connectivity index (χ2n) is 12.2. The summed E-state index contributed by atoms with van der Waals surface area (Å²) in [6.45, 7) is 9.04. The van der Waals surface area contributed by atoms with Crippen molar-refractivity contribution < 1.29 is 29.3 Å². The number of carbonyl (C=O) groups excluding carboxylic acids is 2. The lowest BCUT2D eigenvalue weighted by Gasteiger charge is -2.51. The monoisotopic (exact) mass is 590 g/mol. The molecule has 2 spiro atoms. The van der Waals surface area contributed by atoms with Crippen molar-refractivity contribution in [3.8, 4) is 0 Å².